The number of thioether (sulfide) groups is 1. The number of hydrogen-bond acceptors (Lipinski definition) is 4. The molecule has 6 heteroatoms. The maximum absolute atomic E-state index is 14.3. The molecule has 0 saturated carbocycles. The summed E-state index contributed by atoms with van der Waals surface area (Å²) >= 11 is 1.31. The molecule has 1 amide bonds. The molecule has 116 valence electrons. The fourth-order valence-corrected chi connectivity index (χ4v) is 3.66. The number of halogens is 1. The lowest BCUT2D eigenvalue weighted by molar-refractivity contribution is -0.121. The minimum atomic E-state index is -0.232. The van der Waals surface area contributed by atoms with Crippen LogP contribution in [0.2, 0.25) is 0 Å². The topological polar surface area (TPSA) is 35.9 Å². The van der Waals surface area contributed by atoms with E-state index in [2.05, 4.69) is 9.89 Å². The predicted octanol–water partition coefficient (Wildman–Crippen LogP) is 2.96. The molecule has 0 radical (unpaired) electrons. The first-order chi connectivity index (χ1) is 10.6. The van der Waals surface area contributed by atoms with Gasteiger partial charge in [-0.3, -0.25) is 14.7 Å². The van der Waals surface area contributed by atoms with Crippen LogP contribution in [0.1, 0.15) is 18.4 Å². The van der Waals surface area contributed by atoms with Crippen LogP contribution < -0.4 is 4.90 Å². The molecule has 0 aliphatic carbocycles. The summed E-state index contributed by atoms with van der Waals surface area (Å²) in [6.45, 7) is 1.82. The number of hydrogen-bond donors (Lipinski definition) is 0. The quantitative estimate of drug-likeness (QED) is 0.786. The largest absolute Gasteiger partial charge is 0.369 e. The Labute approximate surface area is 133 Å². The van der Waals surface area contributed by atoms with E-state index in [4.69, 9.17) is 0 Å². The fraction of sp³-hybridized carbons (Fsp3) is 0.375. The van der Waals surface area contributed by atoms with Crippen molar-refractivity contribution in [2.45, 2.75) is 12.8 Å². The second kappa shape index (κ2) is 6.12. The van der Waals surface area contributed by atoms with Gasteiger partial charge in [-0.1, -0.05) is 6.07 Å². The van der Waals surface area contributed by atoms with Crippen LogP contribution >= 0.6 is 11.8 Å². The summed E-state index contributed by atoms with van der Waals surface area (Å²) in [6.07, 6.45) is 3.95. The highest BCUT2D eigenvalue weighted by molar-refractivity contribution is 8.18. The third kappa shape index (κ3) is 2.75. The van der Waals surface area contributed by atoms with Gasteiger partial charge in [0.1, 0.15) is 5.82 Å². The summed E-state index contributed by atoms with van der Waals surface area (Å²) in [5.41, 5.74) is 1.35. The molecule has 0 unspecified atom stereocenters. The lowest BCUT2D eigenvalue weighted by atomic mass is 10.1. The third-order valence-electron chi connectivity index (χ3n) is 3.91. The Balaban J connectivity index is 1.86. The fourth-order valence-electron chi connectivity index (χ4n) is 2.73. The van der Waals surface area contributed by atoms with E-state index in [-0.39, 0.29) is 11.7 Å². The molecule has 0 spiro atoms. The van der Waals surface area contributed by atoms with Gasteiger partial charge in [-0.05, 0) is 48.4 Å². The van der Waals surface area contributed by atoms with Crippen LogP contribution in [-0.2, 0) is 4.79 Å². The Morgan fingerprint density at radius 1 is 1.32 bits per heavy atom. The number of benzene rings is 1. The van der Waals surface area contributed by atoms with Gasteiger partial charge in [0.25, 0.3) is 5.91 Å². The number of amides is 1. The first-order valence-electron chi connectivity index (χ1n) is 7.29. The Morgan fingerprint density at radius 2 is 2.05 bits per heavy atom. The second-order valence-electron chi connectivity index (χ2n) is 5.39. The molecule has 0 N–H and O–H groups in total. The average Bonchev–Trinajstić information content (AvgIpc) is 3.12. The molecule has 2 fully saturated rings. The van der Waals surface area contributed by atoms with Crippen molar-refractivity contribution in [3.8, 4) is 0 Å². The van der Waals surface area contributed by atoms with Gasteiger partial charge >= 0.3 is 0 Å². The van der Waals surface area contributed by atoms with Crippen molar-refractivity contribution in [1.82, 2.24) is 4.90 Å². The van der Waals surface area contributed by atoms with Crippen LogP contribution in [0, 0.1) is 5.82 Å². The van der Waals surface area contributed by atoms with Gasteiger partial charge in [-0.2, -0.15) is 0 Å². The van der Waals surface area contributed by atoms with E-state index in [1.54, 1.807) is 26.2 Å². The summed E-state index contributed by atoms with van der Waals surface area (Å²) < 4.78 is 14.3. The molecule has 22 heavy (non-hydrogen) atoms. The maximum atomic E-state index is 14.3. The molecular weight excluding hydrogens is 301 g/mol. The van der Waals surface area contributed by atoms with Crippen LogP contribution in [0.15, 0.2) is 28.1 Å². The molecule has 0 aromatic heterocycles. The molecule has 3 rings (SSSR count). The van der Waals surface area contributed by atoms with Crippen LogP contribution in [-0.4, -0.2) is 43.2 Å². The molecule has 0 atom stereocenters. The lowest BCUT2D eigenvalue weighted by Crippen LogP contribution is -2.23. The van der Waals surface area contributed by atoms with Crippen molar-refractivity contribution < 1.29 is 9.18 Å². The number of amidine groups is 1. The number of nitrogens with zero attached hydrogens (tertiary/aromatic N) is 3. The smallest absolute Gasteiger partial charge is 0.266 e. The standard InChI is InChI=1S/C16H18FN3OS/c1-18-16-19(2)15(21)14(22-16)10-11-5-6-13(12(17)9-11)20-7-3-4-8-20/h5-6,9-10H,3-4,7-8H2,1-2H3/b14-10+,18-16?. The molecule has 0 bridgehead atoms. The summed E-state index contributed by atoms with van der Waals surface area (Å²) in [4.78, 5) is 20.3. The highest BCUT2D eigenvalue weighted by atomic mass is 32.2. The first-order valence-corrected chi connectivity index (χ1v) is 8.10. The minimum Gasteiger partial charge on any atom is -0.369 e. The van der Waals surface area contributed by atoms with E-state index < -0.39 is 0 Å². The third-order valence-corrected chi connectivity index (χ3v) is 5.06. The average molecular weight is 319 g/mol. The van der Waals surface area contributed by atoms with E-state index in [1.165, 1.54) is 22.7 Å². The minimum absolute atomic E-state index is 0.102. The lowest BCUT2D eigenvalue weighted by Gasteiger charge is -2.18. The summed E-state index contributed by atoms with van der Waals surface area (Å²) in [7, 11) is 3.34. The van der Waals surface area contributed by atoms with Crippen molar-refractivity contribution in [3.05, 3.63) is 34.5 Å². The van der Waals surface area contributed by atoms with Gasteiger partial charge in [0.15, 0.2) is 5.17 Å². The number of carbonyl (C=O) groups is 1. The van der Waals surface area contributed by atoms with Gasteiger partial charge in [0.05, 0.1) is 10.6 Å². The van der Waals surface area contributed by atoms with Crippen molar-refractivity contribution >= 4 is 34.6 Å². The predicted molar refractivity (Wildman–Crippen MR) is 89.5 cm³/mol. The molecule has 1 aromatic rings. The van der Waals surface area contributed by atoms with Gasteiger partial charge in [0.2, 0.25) is 0 Å². The van der Waals surface area contributed by atoms with E-state index in [0.29, 0.717) is 21.3 Å². The summed E-state index contributed by atoms with van der Waals surface area (Å²) in [5, 5.41) is 0.658. The highest BCUT2D eigenvalue weighted by Crippen LogP contribution is 2.32. The van der Waals surface area contributed by atoms with E-state index >= 15 is 0 Å². The van der Waals surface area contributed by atoms with Crippen molar-refractivity contribution in [2.75, 3.05) is 32.1 Å². The van der Waals surface area contributed by atoms with Crippen molar-refractivity contribution in [1.29, 1.82) is 0 Å². The molecule has 4 nitrogen and oxygen atoms in total. The van der Waals surface area contributed by atoms with Gasteiger partial charge in [-0.25, -0.2) is 4.39 Å². The van der Waals surface area contributed by atoms with Gasteiger partial charge < -0.3 is 4.90 Å². The zero-order valence-electron chi connectivity index (χ0n) is 12.7. The maximum Gasteiger partial charge on any atom is 0.266 e. The Hall–Kier alpha value is -1.82. The summed E-state index contributed by atoms with van der Waals surface area (Å²) in [6, 6.07) is 5.16. The second-order valence-corrected chi connectivity index (χ2v) is 6.40. The zero-order chi connectivity index (χ0) is 15.7. The Bertz CT molecular complexity index is 665. The molecule has 2 heterocycles. The van der Waals surface area contributed by atoms with Crippen LogP contribution in [0.5, 0.6) is 0 Å². The number of carbonyl (C=O) groups excluding carboxylic acids is 1. The number of aliphatic imine (C=N–C) groups is 1. The van der Waals surface area contributed by atoms with Gasteiger partial charge in [0, 0.05) is 27.2 Å². The monoisotopic (exact) mass is 319 g/mol. The van der Waals surface area contributed by atoms with E-state index in [0.717, 1.165) is 25.9 Å². The first kappa shape index (κ1) is 15.1. The molecule has 1 aromatic carbocycles. The highest BCUT2D eigenvalue weighted by Gasteiger charge is 2.29. The van der Waals surface area contributed by atoms with E-state index in [1.807, 2.05) is 6.07 Å². The molecule has 2 saturated heterocycles. The molecular formula is C16H18FN3OS. The van der Waals surface area contributed by atoms with Crippen LogP contribution in [0.3, 0.4) is 0 Å². The SMILES string of the molecule is CN=C1S/C(=C/c2ccc(N3CCCC3)c(F)c2)C(=O)N1C. The van der Waals surface area contributed by atoms with Crippen molar-refractivity contribution in [2.24, 2.45) is 4.99 Å². The molecule has 2 aliphatic heterocycles. The Kier molecular flexibility index (Phi) is 4.20. The van der Waals surface area contributed by atoms with Crippen LogP contribution in [0.25, 0.3) is 6.08 Å². The normalized spacial score (nSPS) is 22.4. The number of likely N-dealkylation sites (N-methyl/N-ethyl adjacent to an activating group) is 1. The van der Waals surface area contributed by atoms with Gasteiger partial charge in [-0.15, -0.1) is 0 Å². The van der Waals surface area contributed by atoms with Crippen LogP contribution in [0.4, 0.5) is 10.1 Å². The summed E-state index contributed by atoms with van der Waals surface area (Å²) in [5.74, 6) is -0.334. The van der Waals surface area contributed by atoms with E-state index in [9.17, 15) is 9.18 Å². The number of anilines is 1. The zero-order valence-corrected chi connectivity index (χ0v) is 13.5. The molecule has 2 aliphatic rings. The number of rotatable bonds is 2. The Morgan fingerprint density at radius 3 is 2.64 bits per heavy atom. The van der Waals surface area contributed by atoms with Crippen molar-refractivity contribution in [3.63, 3.8) is 0 Å².